The zero-order chi connectivity index (χ0) is 22.2. The van der Waals surface area contributed by atoms with Crippen molar-refractivity contribution >= 4 is 17.3 Å². The van der Waals surface area contributed by atoms with Gasteiger partial charge < -0.3 is 9.80 Å². The molecule has 0 N–H and O–H groups in total. The van der Waals surface area contributed by atoms with Crippen LogP contribution in [0.1, 0.15) is 30.7 Å². The maximum Gasteiger partial charge on any atom is 0.431 e. The smallest absolute Gasteiger partial charge is 0.361 e. The summed E-state index contributed by atoms with van der Waals surface area (Å²) >= 11 is 0. The van der Waals surface area contributed by atoms with Gasteiger partial charge >= 0.3 is 6.18 Å². The van der Waals surface area contributed by atoms with Gasteiger partial charge in [-0.15, -0.1) is 0 Å². The zero-order valence-electron chi connectivity index (χ0n) is 17.4. The fourth-order valence-corrected chi connectivity index (χ4v) is 3.96. The number of carbonyl (C=O) groups is 1. The summed E-state index contributed by atoms with van der Waals surface area (Å²) in [6.07, 6.45) is 0.450. The van der Waals surface area contributed by atoms with E-state index in [1.54, 1.807) is 4.90 Å². The third-order valence-electron chi connectivity index (χ3n) is 5.57. The number of alkyl halides is 3. The van der Waals surface area contributed by atoms with Gasteiger partial charge in [0, 0.05) is 48.2 Å². The fraction of sp³-hybridized carbons (Fsp3) is 0.348. The van der Waals surface area contributed by atoms with Crippen molar-refractivity contribution in [3.8, 4) is 0 Å². The Morgan fingerprint density at radius 3 is 2.65 bits per heavy atom. The Bertz CT molecular complexity index is 1040. The minimum absolute atomic E-state index is 0.155. The monoisotopic (exact) mass is 428 g/mol. The number of hydrogen-bond acceptors (Lipinski definition) is 4. The van der Waals surface area contributed by atoms with E-state index in [1.165, 1.54) is 11.1 Å². The molecule has 2 aliphatic heterocycles. The second-order valence-corrected chi connectivity index (χ2v) is 8.50. The third kappa shape index (κ3) is 4.47. The van der Waals surface area contributed by atoms with Crippen LogP contribution >= 0.6 is 0 Å². The van der Waals surface area contributed by atoms with Crippen LogP contribution in [0, 0.1) is 0 Å². The van der Waals surface area contributed by atoms with Crippen molar-refractivity contribution in [1.29, 1.82) is 0 Å². The molecule has 1 aromatic heterocycles. The summed E-state index contributed by atoms with van der Waals surface area (Å²) in [4.78, 5) is 24.1. The molecule has 5 nitrogen and oxygen atoms in total. The summed E-state index contributed by atoms with van der Waals surface area (Å²) in [7, 11) is 0. The molecule has 31 heavy (non-hydrogen) atoms. The van der Waals surface area contributed by atoms with Crippen LogP contribution in [0.5, 0.6) is 0 Å². The molecule has 0 saturated carbocycles. The first-order chi connectivity index (χ1) is 14.6. The van der Waals surface area contributed by atoms with Gasteiger partial charge in [-0.1, -0.05) is 44.2 Å². The molecule has 0 fully saturated rings. The molecule has 0 radical (unpaired) electrons. The van der Waals surface area contributed by atoms with Crippen molar-refractivity contribution in [1.82, 2.24) is 9.88 Å². The first-order valence-corrected chi connectivity index (χ1v) is 10.0. The van der Waals surface area contributed by atoms with E-state index in [0.717, 1.165) is 28.7 Å². The van der Waals surface area contributed by atoms with E-state index in [0.29, 0.717) is 13.0 Å². The molecule has 2 aliphatic rings. The van der Waals surface area contributed by atoms with Crippen LogP contribution in [-0.2, 0) is 16.6 Å². The number of pyridine rings is 1. The number of fused-ring (bicyclic) bond motifs is 1. The molecule has 0 aliphatic carbocycles. The lowest BCUT2D eigenvalue weighted by Crippen LogP contribution is -2.44. The Kier molecular flexibility index (Phi) is 5.33. The van der Waals surface area contributed by atoms with E-state index in [4.69, 9.17) is 0 Å². The van der Waals surface area contributed by atoms with Gasteiger partial charge in [0.15, 0.2) is 0 Å². The molecule has 4 rings (SSSR count). The van der Waals surface area contributed by atoms with E-state index < -0.39 is 18.4 Å². The van der Waals surface area contributed by atoms with Gasteiger partial charge in [0.05, 0.1) is 18.8 Å². The van der Waals surface area contributed by atoms with Gasteiger partial charge in [-0.25, -0.2) is 0 Å². The maximum atomic E-state index is 13.1. The van der Waals surface area contributed by atoms with Crippen LogP contribution in [0.2, 0.25) is 0 Å². The topological polar surface area (TPSA) is 48.8 Å². The number of carbonyl (C=O) groups excluding carboxylic acids is 1. The molecule has 0 bridgehead atoms. The third-order valence-corrected chi connectivity index (χ3v) is 5.57. The number of hydrogen-bond donors (Lipinski definition) is 0. The minimum Gasteiger partial charge on any atom is -0.361 e. The Morgan fingerprint density at radius 1 is 1.19 bits per heavy atom. The summed E-state index contributed by atoms with van der Waals surface area (Å²) in [5.41, 5.74) is 2.50. The first-order valence-electron chi connectivity index (χ1n) is 10.0. The second kappa shape index (κ2) is 7.83. The highest BCUT2D eigenvalue weighted by atomic mass is 19.4. The molecular formula is C23H23F3N4O. The van der Waals surface area contributed by atoms with Gasteiger partial charge in [-0.05, 0) is 11.6 Å². The second-order valence-electron chi connectivity index (χ2n) is 8.50. The summed E-state index contributed by atoms with van der Waals surface area (Å²) in [6, 6.07) is 11.8. The van der Waals surface area contributed by atoms with Crippen LogP contribution in [0.3, 0.4) is 0 Å². The fourth-order valence-electron chi connectivity index (χ4n) is 3.96. The molecule has 8 heteroatoms. The van der Waals surface area contributed by atoms with Gasteiger partial charge in [0.25, 0.3) is 0 Å². The molecule has 162 valence electrons. The highest BCUT2D eigenvalue weighted by molar-refractivity contribution is 5.98. The van der Waals surface area contributed by atoms with Crippen molar-refractivity contribution in [2.24, 2.45) is 4.99 Å². The van der Waals surface area contributed by atoms with Crippen LogP contribution < -0.4 is 4.90 Å². The van der Waals surface area contributed by atoms with Crippen molar-refractivity contribution in [2.45, 2.75) is 31.9 Å². The lowest BCUT2D eigenvalue weighted by atomic mass is 9.88. The normalized spacial score (nSPS) is 17.5. The minimum atomic E-state index is -4.51. The Balaban J connectivity index is 1.54. The van der Waals surface area contributed by atoms with Crippen LogP contribution in [-0.4, -0.2) is 47.3 Å². The average Bonchev–Trinajstić information content (AvgIpc) is 2.99. The van der Waals surface area contributed by atoms with Gasteiger partial charge in [0.1, 0.15) is 5.71 Å². The summed E-state index contributed by atoms with van der Waals surface area (Å²) in [6.45, 7) is 3.93. The van der Waals surface area contributed by atoms with E-state index in [-0.39, 0.29) is 17.9 Å². The van der Waals surface area contributed by atoms with Crippen LogP contribution in [0.25, 0.3) is 0 Å². The summed E-state index contributed by atoms with van der Waals surface area (Å²) in [5.74, 6) is -0.253. The standard InChI is InChI=1S/C23H23F3N4O/c1-22(2)15-30(21(31)14-29-9-8-27-20(13-29)23(24,25)26)19-11-17(28-12-18(19)22)10-16-6-4-3-5-7-16/h3-9,11-12H,10,13-15H2,1-2H3. The molecule has 1 aromatic carbocycles. The zero-order valence-corrected chi connectivity index (χ0v) is 17.4. The summed E-state index contributed by atoms with van der Waals surface area (Å²) < 4.78 is 38.9. The van der Waals surface area contributed by atoms with E-state index in [2.05, 4.69) is 9.98 Å². The first kappa shape index (κ1) is 21.1. The van der Waals surface area contributed by atoms with E-state index in [9.17, 15) is 18.0 Å². The molecule has 0 atom stereocenters. The van der Waals surface area contributed by atoms with E-state index in [1.807, 2.05) is 56.4 Å². The number of aliphatic imine (C=N–C) groups is 1. The number of amides is 1. The number of halogens is 3. The largest absolute Gasteiger partial charge is 0.431 e. The number of nitrogens with zero attached hydrogens (tertiary/aromatic N) is 4. The number of benzene rings is 1. The Morgan fingerprint density at radius 2 is 1.94 bits per heavy atom. The average molecular weight is 428 g/mol. The molecule has 3 heterocycles. The summed E-state index contributed by atoms with van der Waals surface area (Å²) in [5, 5.41) is 0. The van der Waals surface area contributed by atoms with Crippen molar-refractivity contribution in [2.75, 3.05) is 24.5 Å². The van der Waals surface area contributed by atoms with Gasteiger partial charge in [0.2, 0.25) is 5.91 Å². The van der Waals surface area contributed by atoms with Gasteiger partial charge in [-0.2, -0.15) is 13.2 Å². The quantitative estimate of drug-likeness (QED) is 0.737. The van der Waals surface area contributed by atoms with Crippen molar-refractivity contribution < 1.29 is 18.0 Å². The predicted octanol–water partition coefficient (Wildman–Crippen LogP) is 4.09. The van der Waals surface area contributed by atoms with E-state index >= 15 is 0 Å². The maximum absolute atomic E-state index is 13.1. The molecule has 0 saturated heterocycles. The predicted molar refractivity (Wildman–Crippen MR) is 113 cm³/mol. The van der Waals surface area contributed by atoms with Crippen LogP contribution in [0.4, 0.5) is 18.9 Å². The highest BCUT2D eigenvalue weighted by Gasteiger charge is 2.40. The highest BCUT2D eigenvalue weighted by Crippen LogP contribution is 2.40. The van der Waals surface area contributed by atoms with Crippen molar-refractivity contribution in [3.63, 3.8) is 0 Å². The Labute approximate surface area is 178 Å². The number of aromatic nitrogens is 1. The molecule has 0 unspecified atom stereocenters. The Hall–Kier alpha value is -3.16. The van der Waals surface area contributed by atoms with Crippen LogP contribution in [0.15, 0.2) is 60.0 Å². The number of rotatable bonds is 4. The number of anilines is 1. The lowest BCUT2D eigenvalue weighted by molar-refractivity contribution is -0.119. The van der Waals surface area contributed by atoms with Crippen molar-refractivity contribution in [3.05, 3.63) is 71.8 Å². The molecule has 0 spiro atoms. The molecular weight excluding hydrogens is 405 g/mol. The SMILES string of the molecule is CC1(C)CN(C(=O)CN2C=CN=C(C(F)(F)F)C2)c2cc(Cc3ccccc3)ncc21. The molecule has 1 amide bonds. The lowest BCUT2D eigenvalue weighted by Gasteiger charge is -2.27. The molecule has 2 aromatic rings. The van der Waals surface area contributed by atoms with Gasteiger partial charge in [-0.3, -0.25) is 14.8 Å².